The molecule has 1 aromatic heterocycles. The quantitative estimate of drug-likeness (QED) is 0.503. The van der Waals surface area contributed by atoms with E-state index in [4.69, 9.17) is 4.42 Å². The molecule has 0 radical (unpaired) electrons. The Labute approximate surface area is 138 Å². The van der Waals surface area contributed by atoms with Gasteiger partial charge in [0, 0.05) is 16.8 Å². The molecule has 2 unspecified atom stereocenters. The Bertz CT molecular complexity index is 1000. The van der Waals surface area contributed by atoms with Crippen LogP contribution in [0.4, 0.5) is 5.69 Å². The van der Waals surface area contributed by atoms with Gasteiger partial charge < -0.3 is 4.42 Å². The van der Waals surface area contributed by atoms with Crippen LogP contribution >= 0.6 is 0 Å². The predicted octanol–water partition coefficient (Wildman–Crippen LogP) is 4.04. The summed E-state index contributed by atoms with van der Waals surface area (Å²) < 4.78 is 5.88. The lowest BCUT2D eigenvalue weighted by Gasteiger charge is -2.14. The first-order valence-corrected chi connectivity index (χ1v) is 8.18. The fourth-order valence-electron chi connectivity index (χ4n) is 3.91. The number of hydrogen-bond acceptors (Lipinski definition) is 3. The lowest BCUT2D eigenvalue weighted by molar-refractivity contribution is -0.122. The second kappa shape index (κ2) is 4.81. The molecule has 3 aromatic rings. The van der Waals surface area contributed by atoms with Crippen LogP contribution in [0.15, 0.2) is 59.0 Å². The molecular weight excluding hydrogens is 302 g/mol. The number of benzene rings is 2. The van der Waals surface area contributed by atoms with Gasteiger partial charge in [-0.1, -0.05) is 30.4 Å². The first kappa shape index (κ1) is 13.5. The Hall–Kier alpha value is -2.88. The minimum Gasteiger partial charge on any atom is -0.456 e. The van der Waals surface area contributed by atoms with E-state index >= 15 is 0 Å². The molecule has 5 rings (SSSR count). The molecule has 24 heavy (non-hydrogen) atoms. The lowest BCUT2D eigenvalue weighted by atomic mass is 9.85. The standard InChI is InChI=1S/C20H15NO3/c22-19-15-6-1-2-7-16(15)20(23)21(19)12-9-10-14-13-5-3-4-8-17(13)24-18(14)11-12/h1-5,8-11,15-16H,6-7H2. The zero-order valence-corrected chi connectivity index (χ0v) is 12.9. The van der Waals surface area contributed by atoms with Crippen molar-refractivity contribution in [3.63, 3.8) is 0 Å². The van der Waals surface area contributed by atoms with Crippen molar-refractivity contribution in [3.8, 4) is 0 Å². The van der Waals surface area contributed by atoms with Gasteiger partial charge in [0.05, 0.1) is 17.5 Å². The van der Waals surface area contributed by atoms with E-state index in [0.29, 0.717) is 24.1 Å². The van der Waals surface area contributed by atoms with Gasteiger partial charge in [0.25, 0.3) is 0 Å². The second-order valence-electron chi connectivity index (χ2n) is 6.45. The first-order chi connectivity index (χ1) is 11.7. The Kier molecular flexibility index (Phi) is 2.71. The fraction of sp³-hybridized carbons (Fsp3) is 0.200. The van der Waals surface area contributed by atoms with Gasteiger partial charge in [-0.2, -0.15) is 0 Å². The molecule has 2 aromatic carbocycles. The molecule has 1 aliphatic carbocycles. The highest BCUT2D eigenvalue weighted by atomic mass is 16.3. The molecule has 2 atom stereocenters. The number of amides is 2. The monoisotopic (exact) mass is 317 g/mol. The van der Waals surface area contributed by atoms with E-state index in [1.54, 1.807) is 6.07 Å². The van der Waals surface area contributed by atoms with Crippen LogP contribution < -0.4 is 4.90 Å². The summed E-state index contributed by atoms with van der Waals surface area (Å²) in [5.74, 6) is -0.614. The number of furan rings is 1. The molecule has 1 fully saturated rings. The van der Waals surface area contributed by atoms with E-state index in [9.17, 15) is 9.59 Å². The first-order valence-electron chi connectivity index (χ1n) is 8.18. The average molecular weight is 317 g/mol. The molecule has 2 aliphatic rings. The summed E-state index contributed by atoms with van der Waals surface area (Å²) >= 11 is 0. The number of hydrogen-bond donors (Lipinski definition) is 0. The molecule has 0 bridgehead atoms. The molecule has 2 heterocycles. The SMILES string of the molecule is O=C1C2CC=CCC2C(=O)N1c1ccc2c(c1)oc1ccccc12. The molecule has 0 spiro atoms. The Balaban J connectivity index is 1.63. The van der Waals surface area contributed by atoms with Crippen LogP contribution in [0.5, 0.6) is 0 Å². The van der Waals surface area contributed by atoms with Gasteiger partial charge in [-0.25, -0.2) is 4.90 Å². The number of rotatable bonds is 1. The number of carbonyl (C=O) groups excluding carboxylic acids is 2. The van der Waals surface area contributed by atoms with E-state index in [1.165, 1.54) is 4.90 Å². The Morgan fingerprint density at radius 3 is 2.25 bits per heavy atom. The normalized spacial score (nSPS) is 23.4. The zero-order valence-electron chi connectivity index (χ0n) is 12.9. The maximum Gasteiger partial charge on any atom is 0.238 e. The van der Waals surface area contributed by atoms with Crippen LogP contribution in [0, 0.1) is 11.8 Å². The summed E-state index contributed by atoms with van der Waals surface area (Å²) in [6.45, 7) is 0. The minimum absolute atomic E-state index is 0.0928. The fourth-order valence-corrected chi connectivity index (χ4v) is 3.91. The molecule has 0 N–H and O–H groups in total. The maximum atomic E-state index is 12.7. The minimum atomic E-state index is -0.214. The van der Waals surface area contributed by atoms with Crippen molar-refractivity contribution in [1.29, 1.82) is 0 Å². The number of allylic oxidation sites excluding steroid dienone is 2. The summed E-state index contributed by atoms with van der Waals surface area (Å²) in [4.78, 5) is 26.7. The molecule has 1 aliphatic heterocycles. The van der Waals surface area contributed by atoms with Crippen molar-refractivity contribution in [2.75, 3.05) is 4.90 Å². The molecule has 0 saturated carbocycles. The molecular formula is C20H15NO3. The van der Waals surface area contributed by atoms with Crippen molar-refractivity contribution in [1.82, 2.24) is 0 Å². The van der Waals surface area contributed by atoms with Gasteiger partial charge in [-0.15, -0.1) is 0 Å². The maximum absolute atomic E-state index is 12.7. The summed E-state index contributed by atoms with van der Waals surface area (Å²) in [5.41, 5.74) is 2.11. The van der Waals surface area contributed by atoms with E-state index in [0.717, 1.165) is 16.4 Å². The van der Waals surface area contributed by atoms with Gasteiger partial charge in [-0.05, 0) is 31.0 Å². The van der Waals surface area contributed by atoms with Crippen LogP contribution in [-0.2, 0) is 9.59 Å². The third-order valence-corrected chi connectivity index (χ3v) is 5.13. The highest BCUT2D eigenvalue weighted by Crippen LogP contribution is 2.39. The summed E-state index contributed by atoms with van der Waals surface area (Å²) in [7, 11) is 0. The summed E-state index contributed by atoms with van der Waals surface area (Å²) in [6, 6.07) is 13.4. The topological polar surface area (TPSA) is 50.5 Å². The van der Waals surface area contributed by atoms with E-state index in [-0.39, 0.29) is 23.7 Å². The number of nitrogens with zero attached hydrogens (tertiary/aromatic N) is 1. The van der Waals surface area contributed by atoms with Crippen molar-refractivity contribution in [2.45, 2.75) is 12.8 Å². The third-order valence-electron chi connectivity index (χ3n) is 5.13. The second-order valence-corrected chi connectivity index (χ2v) is 6.45. The average Bonchev–Trinajstić information content (AvgIpc) is 3.10. The van der Waals surface area contributed by atoms with Gasteiger partial charge in [0.15, 0.2) is 0 Å². The molecule has 118 valence electrons. The number of para-hydroxylation sites is 1. The molecule has 4 nitrogen and oxygen atoms in total. The number of carbonyl (C=O) groups is 2. The van der Waals surface area contributed by atoms with Gasteiger partial charge in [0.1, 0.15) is 11.2 Å². The number of imide groups is 1. The molecule has 1 saturated heterocycles. The van der Waals surface area contributed by atoms with Gasteiger partial charge in [-0.3, -0.25) is 9.59 Å². The third kappa shape index (κ3) is 1.74. The van der Waals surface area contributed by atoms with Crippen LogP contribution in [0.2, 0.25) is 0 Å². The van der Waals surface area contributed by atoms with Gasteiger partial charge >= 0.3 is 0 Å². The van der Waals surface area contributed by atoms with Crippen LogP contribution in [0.3, 0.4) is 0 Å². The van der Waals surface area contributed by atoms with E-state index < -0.39 is 0 Å². The summed E-state index contributed by atoms with van der Waals surface area (Å²) in [6.07, 6.45) is 5.30. The highest BCUT2D eigenvalue weighted by Gasteiger charge is 2.47. The smallest absolute Gasteiger partial charge is 0.238 e. The van der Waals surface area contributed by atoms with E-state index in [1.807, 2.05) is 48.6 Å². The van der Waals surface area contributed by atoms with Gasteiger partial charge in [0.2, 0.25) is 11.8 Å². The Morgan fingerprint density at radius 1 is 0.833 bits per heavy atom. The largest absolute Gasteiger partial charge is 0.456 e. The summed E-state index contributed by atoms with van der Waals surface area (Å²) in [5, 5.41) is 2.03. The van der Waals surface area contributed by atoms with Crippen molar-refractivity contribution >= 4 is 39.4 Å². The van der Waals surface area contributed by atoms with E-state index in [2.05, 4.69) is 0 Å². The molecule has 2 amide bonds. The van der Waals surface area contributed by atoms with Crippen LogP contribution in [-0.4, -0.2) is 11.8 Å². The van der Waals surface area contributed by atoms with Crippen LogP contribution in [0.1, 0.15) is 12.8 Å². The predicted molar refractivity (Wildman–Crippen MR) is 91.6 cm³/mol. The Morgan fingerprint density at radius 2 is 1.50 bits per heavy atom. The molecule has 4 heteroatoms. The van der Waals surface area contributed by atoms with Crippen molar-refractivity contribution in [2.24, 2.45) is 11.8 Å². The van der Waals surface area contributed by atoms with Crippen LogP contribution in [0.25, 0.3) is 21.9 Å². The number of anilines is 1. The van der Waals surface area contributed by atoms with Crippen molar-refractivity contribution < 1.29 is 14.0 Å². The highest BCUT2D eigenvalue weighted by molar-refractivity contribution is 6.23. The number of fused-ring (bicyclic) bond motifs is 4. The van der Waals surface area contributed by atoms with Crippen molar-refractivity contribution in [3.05, 3.63) is 54.6 Å². The lowest BCUT2D eigenvalue weighted by Crippen LogP contribution is -2.30. The zero-order chi connectivity index (χ0) is 16.3.